The summed E-state index contributed by atoms with van der Waals surface area (Å²) in [5.74, 6) is 1.84. The van der Waals surface area contributed by atoms with Crippen LogP contribution in [0, 0.1) is 12.8 Å². The van der Waals surface area contributed by atoms with E-state index in [-0.39, 0.29) is 0 Å². The van der Waals surface area contributed by atoms with E-state index in [4.69, 9.17) is 15.5 Å². The van der Waals surface area contributed by atoms with E-state index in [0.717, 1.165) is 36.1 Å². The van der Waals surface area contributed by atoms with Crippen LogP contribution in [0.1, 0.15) is 31.0 Å². The highest BCUT2D eigenvalue weighted by Crippen LogP contribution is 2.37. The molecule has 1 aliphatic rings. The van der Waals surface area contributed by atoms with Gasteiger partial charge in [-0.15, -0.1) is 0 Å². The smallest absolute Gasteiger partial charge is 0.133 e. The second-order valence-electron chi connectivity index (χ2n) is 5.40. The number of rotatable bonds is 7. The summed E-state index contributed by atoms with van der Waals surface area (Å²) in [6, 6.07) is 4.63. The molecule has 0 aromatic carbocycles. The molecule has 4 heteroatoms. The van der Waals surface area contributed by atoms with Crippen LogP contribution in [-0.4, -0.2) is 31.3 Å². The fourth-order valence-corrected chi connectivity index (χ4v) is 2.51. The van der Waals surface area contributed by atoms with Gasteiger partial charge in [0.25, 0.3) is 0 Å². The van der Waals surface area contributed by atoms with E-state index >= 15 is 0 Å². The van der Waals surface area contributed by atoms with E-state index in [0.29, 0.717) is 12.6 Å². The maximum absolute atomic E-state index is 5.86. The Morgan fingerprint density at radius 2 is 2.21 bits per heavy atom. The van der Waals surface area contributed by atoms with Crippen molar-refractivity contribution in [1.29, 1.82) is 0 Å². The van der Waals surface area contributed by atoms with Crippen LogP contribution >= 0.6 is 0 Å². The number of hydrogen-bond donors (Lipinski definition) is 1. The zero-order valence-electron chi connectivity index (χ0n) is 12.2. The molecule has 1 fully saturated rings. The zero-order valence-corrected chi connectivity index (χ0v) is 12.2. The maximum atomic E-state index is 5.86. The molecule has 0 saturated heterocycles. The first-order valence-corrected chi connectivity index (χ1v) is 7.09. The molecule has 0 aliphatic heterocycles. The molecule has 1 saturated carbocycles. The van der Waals surface area contributed by atoms with E-state index in [1.54, 1.807) is 7.11 Å². The van der Waals surface area contributed by atoms with E-state index in [1.165, 1.54) is 12.8 Å². The number of aryl methyl sites for hydroxylation is 1. The number of hydrogen-bond acceptors (Lipinski definition) is 4. The van der Waals surface area contributed by atoms with Gasteiger partial charge >= 0.3 is 0 Å². The van der Waals surface area contributed by atoms with Gasteiger partial charge in [-0.2, -0.15) is 0 Å². The molecule has 0 bridgehead atoms. The summed E-state index contributed by atoms with van der Waals surface area (Å²) in [5, 5.41) is 0. The molecule has 1 unspecified atom stereocenters. The highest BCUT2D eigenvalue weighted by Gasteiger charge is 2.33. The van der Waals surface area contributed by atoms with Crippen molar-refractivity contribution < 1.29 is 4.74 Å². The average Bonchev–Trinajstić information content (AvgIpc) is 3.23. The molecule has 0 spiro atoms. The van der Waals surface area contributed by atoms with Crippen molar-refractivity contribution in [3.8, 4) is 0 Å². The van der Waals surface area contributed by atoms with E-state index < -0.39 is 0 Å². The summed E-state index contributed by atoms with van der Waals surface area (Å²) >= 11 is 0. The van der Waals surface area contributed by atoms with Gasteiger partial charge in [0.2, 0.25) is 0 Å². The van der Waals surface area contributed by atoms with Crippen LogP contribution in [0.15, 0.2) is 12.1 Å². The van der Waals surface area contributed by atoms with Gasteiger partial charge in [0.15, 0.2) is 0 Å². The van der Waals surface area contributed by atoms with Crippen molar-refractivity contribution in [2.45, 2.75) is 39.3 Å². The first-order chi connectivity index (χ1) is 9.17. The van der Waals surface area contributed by atoms with Gasteiger partial charge in [0, 0.05) is 37.5 Å². The van der Waals surface area contributed by atoms with Gasteiger partial charge in [-0.3, -0.25) is 0 Å². The lowest BCUT2D eigenvalue weighted by atomic mass is 10.1. The summed E-state index contributed by atoms with van der Waals surface area (Å²) in [6.45, 7) is 6.44. The van der Waals surface area contributed by atoms with Gasteiger partial charge in [-0.1, -0.05) is 6.07 Å². The quantitative estimate of drug-likeness (QED) is 0.818. The maximum Gasteiger partial charge on any atom is 0.133 e. The molecule has 1 aliphatic carbocycles. The Morgan fingerprint density at radius 1 is 1.47 bits per heavy atom. The Balaban J connectivity index is 2.27. The lowest BCUT2D eigenvalue weighted by Gasteiger charge is -2.32. The molecular weight excluding hydrogens is 238 g/mol. The van der Waals surface area contributed by atoms with Crippen molar-refractivity contribution in [1.82, 2.24) is 4.98 Å². The largest absolute Gasteiger partial charge is 0.383 e. The highest BCUT2D eigenvalue weighted by atomic mass is 16.5. The monoisotopic (exact) mass is 263 g/mol. The fraction of sp³-hybridized carbons (Fsp3) is 0.667. The van der Waals surface area contributed by atoms with Crippen LogP contribution < -0.4 is 10.6 Å². The molecule has 4 nitrogen and oxygen atoms in total. The summed E-state index contributed by atoms with van der Waals surface area (Å²) in [7, 11) is 1.74. The summed E-state index contributed by atoms with van der Waals surface area (Å²) < 4.78 is 5.25. The van der Waals surface area contributed by atoms with Gasteiger partial charge in [0.05, 0.1) is 6.61 Å². The average molecular weight is 263 g/mol. The predicted octanol–water partition coefficient (Wildman–Crippen LogP) is 2.10. The normalized spacial score (nSPS) is 16.4. The van der Waals surface area contributed by atoms with Crippen LogP contribution in [0.5, 0.6) is 0 Å². The van der Waals surface area contributed by atoms with E-state index in [9.17, 15) is 0 Å². The zero-order chi connectivity index (χ0) is 13.8. The number of ether oxygens (including phenoxy) is 1. The lowest BCUT2D eigenvalue weighted by molar-refractivity contribution is 0.202. The number of nitrogens with zero attached hydrogens (tertiary/aromatic N) is 2. The van der Waals surface area contributed by atoms with Gasteiger partial charge in [-0.05, 0) is 38.7 Å². The van der Waals surface area contributed by atoms with Gasteiger partial charge < -0.3 is 15.4 Å². The Hall–Kier alpha value is -1.13. The van der Waals surface area contributed by atoms with Crippen molar-refractivity contribution in [3.05, 3.63) is 23.4 Å². The third-order valence-corrected chi connectivity index (χ3v) is 3.92. The molecule has 0 amide bonds. The Labute approximate surface area is 116 Å². The number of nitrogens with two attached hydrogens (primary N) is 1. The van der Waals surface area contributed by atoms with Crippen molar-refractivity contribution in [2.75, 3.05) is 25.2 Å². The minimum atomic E-state index is 0.509. The molecule has 19 heavy (non-hydrogen) atoms. The molecule has 1 aromatic heterocycles. The Bertz CT molecular complexity index is 418. The molecule has 1 heterocycles. The van der Waals surface area contributed by atoms with Crippen LogP contribution in [-0.2, 0) is 11.3 Å². The van der Waals surface area contributed by atoms with Crippen LogP contribution in [0.2, 0.25) is 0 Å². The fourth-order valence-electron chi connectivity index (χ4n) is 2.51. The molecule has 106 valence electrons. The van der Waals surface area contributed by atoms with Crippen molar-refractivity contribution in [2.24, 2.45) is 11.7 Å². The molecule has 1 aromatic rings. The topological polar surface area (TPSA) is 51.4 Å². The van der Waals surface area contributed by atoms with Crippen LogP contribution in [0.4, 0.5) is 5.82 Å². The second-order valence-corrected chi connectivity index (χ2v) is 5.40. The Kier molecular flexibility index (Phi) is 4.77. The third kappa shape index (κ3) is 3.45. The number of pyridine rings is 1. The van der Waals surface area contributed by atoms with E-state index in [2.05, 4.69) is 17.9 Å². The summed E-state index contributed by atoms with van der Waals surface area (Å²) in [5.41, 5.74) is 8.02. The molecular formula is C15H25N3O. The van der Waals surface area contributed by atoms with Crippen molar-refractivity contribution in [3.63, 3.8) is 0 Å². The first-order valence-electron chi connectivity index (χ1n) is 7.09. The molecule has 1 atom stereocenters. The van der Waals surface area contributed by atoms with Crippen LogP contribution in [0.3, 0.4) is 0 Å². The number of methoxy groups -OCH3 is 1. The standard InChI is InChI=1S/C15H25N3O/c1-11-4-5-14(10-16)15(17-11)18(8-9-19-3)12(2)13-6-7-13/h4-5,12-13H,6-10,16H2,1-3H3. The Morgan fingerprint density at radius 3 is 2.79 bits per heavy atom. The number of anilines is 1. The third-order valence-electron chi connectivity index (χ3n) is 3.92. The molecule has 2 rings (SSSR count). The predicted molar refractivity (Wildman–Crippen MR) is 78.3 cm³/mol. The summed E-state index contributed by atoms with van der Waals surface area (Å²) in [4.78, 5) is 7.09. The van der Waals surface area contributed by atoms with E-state index in [1.807, 2.05) is 13.0 Å². The lowest BCUT2D eigenvalue weighted by Crippen LogP contribution is -2.38. The minimum absolute atomic E-state index is 0.509. The van der Waals surface area contributed by atoms with Gasteiger partial charge in [0.1, 0.15) is 5.82 Å². The number of aromatic nitrogens is 1. The summed E-state index contributed by atoms with van der Waals surface area (Å²) in [6.07, 6.45) is 2.66. The van der Waals surface area contributed by atoms with Crippen molar-refractivity contribution >= 4 is 5.82 Å². The van der Waals surface area contributed by atoms with Crippen LogP contribution in [0.25, 0.3) is 0 Å². The first kappa shape index (κ1) is 14.3. The molecule has 0 radical (unpaired) electrons. The second kappa shape index (κ2) is 6.35. The highest BCUT2D eigenvalue weighted by molar-refractivity contribution is 5.49. The SMILES string of the molecule is COCCN(c1nc(C)ccc1CN)C(C)C1CC1. The minimum Gasteiger partial charge on any atom is -0.383 e. The molecule has 2 N–H and O–H groups in total. The van der Waals surface area contributed by atoms with Gasteiger partial charge in [-0.25, -0.2) is 4.98 Å².